The van der Waals surface area contributed by atoms with E-state index in [4.69, 9.17) is 14.5 Å². The van der Waals surface area contributed by atoms with Gasteiger partial charge in [-0.25, -0.2) is 14.8 Å². The maximum atomic E-state index is 12.9. The summed E-state index contributed by atoms with van der Waals surface area (Å²) >= 11 is 0. The van der Waals surface area contributed by atoms with Gasteiger partial charge in [0.25, 0.3) is 0 Å². The summed E-state index contributed by atoms with van der Waals surface area (Å²) in [6.45, 7) is 1.79. The largest absolute Gasteiger partial charge is 0.481 e. The standard InChI is InChI=1S/C26H34N4O5/c1-34-22-9-4-8-21(30-22)26(13-14-26)25(33)29-20(24(31)32)12-17-35-16-3-2-7-19-11-10-18-6-5-15-27-23(18)28-19/h4,8-11,20H,2-3,5-7,12-17H2,1H3,(H,27,28)(H,29,33)(H,31,32)/t20-/m0/s1. The van der Waals surface area contributed by atoms with Crippen molar-refractivity contribution >= 4 is 17.7 Å². The van der Waals surface area contributed by atoms with Crippen molar-refractivity contribution in [1.82, 2.24) is 15.3 Å². The molecule has 4 rings (SSSR count). The van der Waals surface area contributed by atoms with Crippen LogP contribution in [0.3, 0.4) is 0 Å². The second-order valence-corrected chi connectivity index (χ2v) is 9.21. The molecule has 0 bridgehead atoms. The first-order chi connectivity index (χ1) is 17.0. The number of hydrogen-bond donors (Lipinski definition) is 3. The normalized spacial score (nSPS) is 16.5. The topological polar surface area (TPSA) is 123 Å². The molecule has 2 aromatic heterocycles. The molecular formula is C26H34N4O5. The Morgan fingerprint density at radius 1 is 1.17 bits per heavy atom. The molecule has 0 unspecified atom stereocenters. The van der Waals surface area contributed by atoms with Gasteiger partial charge in [0.15, 0.2) is 0 Å². The quantitative estimate of drug-likeness (QED) is 0.373. The van der Waals surface area contributed by atoms with Crippen molar-refractivity contribution in [2.24, 2.45) is 0 Å². The molecule has 0 saturated heterocycles. The molecule has 0 aromatic carbocycles. The lowest BCUT2D eigenvalue weighted by molar-refractivity contribution is -0.142. The third-order valence-electron chi connectivity index (χ3n) is 6.69. The van der Waals surface area contributed by atoms with Gasteiger partial charge in [-0.05, 0) is 62.6 Å². The summed E-state index contributed by atoms with van der Waals surface area (Å²) in [7, 11) is 1.52. The molecule has 1 fully saturated rings. The van der Waals surface area contributed by atoms with E-state index in [-0.39, 0.29) is 18.9 Å². The molecule has 0 radical (unpaired) electrons. The minimum Gasteiger partial charge on any atom is -0.481 e. The van der Waals surface area contributed by atoms with Gasteiger partial charge in [0.2, 0.25) is 11.8 Å². The van der Waals surface area contributed by atoms with Crippen molar-refractivity contribution in [3.63, 3.8) is 0 Å². The molecule has 1 saturated carbocycles. The summed E-state index contributed by atoms with van der Waals surface area (Å²) in [5, 5.41) is 15.6. The number of nitrogens with one attached hydrogen (secondary N) is 2. The van der Waals surface area contributed by atoms with E-state index in [1.165, 1.54) is 12.7 Å². The average Bonchev–Trinajstić information content (AvgIpc) is 3.69. The molecule has 1 aliphatic heterocycles. The lowest BCUT2D eigenvalue weighted by atomic mass is 9.99. The van der Waals surface area contributed by atoms with E-state index in [2.05, 4.69) is 27.8 Å². The summed E-state index contributed by atoms with van der Waals surface area (Å²) in [6.07, 6.45) is 6.40. The predicted molar refractivity (Wildman–Crippen MR) is 131 cm³/mol. The van der Waals surface area contributed by atoms with Crippen LogP contribution in [0.5, 0.6) is 5.88 Å². The fraction of sp³-hybridized carbons (Fsp3) is 0.538. The lowest BCUT2D eigenvalue weighted by Crippen LogP contribution is -2.46. The van der Waals surface area contributed by atoms with Gasteiger partial charge in [-0.1, -0.05) is 12.1 Å². The number of aryl methyl sites for hydroxylation is 2. The number of nitrogens with zero attached hydrogens (tertiary/aromatic N) is 2. The summed E-state index contributed by atoms with van der Waals surface area (Å²) in [5.74, 6) is 0.0758. The van der Waals surface area contributed by atoms with Gasteiger partial charge < -0.3 is 25.2 Å². The van der Waals surface area contributed by atoms with Gasteiger partial charge in [0.05, 0.1) is 18.2 Å². The number of hydrogen-bond acceptors (Lipinski definition) is 7. The molecule has 1 amide bonds. The second-order valence-electron chi connectivity index (χ2n) is 9.21. The van der Waals surface area contributed by atoms with E-state index in [0.29, 0.717) is 31.0 Å². The smallest absolute Gasteiger partial charge is 0.326 e. The average molecular weight is 483 g/mol. The highest BCUT2D eigenvalue weighted by Gasteiger charge is 2.53. The van der Waals surface area contributed by atoms with Gasteiger partial charge in [0, 0.05) is 37.9 Å². The zero-order valence-corrected chi connectivity index (χ0v) is 20.2. The number of unbranched alkanes of at least 4 members (excludes halogenated alkanes) is 1. The second kappa shape index (κ2) is 11.5. The van der Waals surface area contributed by atoms with Crippen molar-refractivity contribution in [2.45, 2.75) is 62.8 Å². The van der Waals surface area contributed by atoms with Gasteiger partial charge in [-0.15, -0.1) is 0 Å². The van der Waals surface area contributed by atoms with Crippen LogP contribution in [0.25, 0.3) is 0 Å². The molecule has 0 spiro atoms. The van der Waals surface area contributed by atoms with Gasteiger partial charge in [0.1, 0.15) is 11.9 Å². The highest BCUT2D eigenvalue weighted by molar-refractivity contribution is 5.93. The van der Waals surface area contributed by atoms with Crippen LogP contribution in [0, 0.1) is 0 Å². The summed E-state index contributed by atoms with van der Waals surface area (Å²) in [5.41, 5.74) is 2.20. The van der Waals surface area contributed by atoms with E-state index >= 15 is 0 Å². The predicted octanol–water partition coefficient (Wildman–Crippen LogP) is 2.87. The van der Waals surface area contributed by atoms with E-state index < -0.39 is 17.4 Å². The molecule has 35 heavy (non-hydrogen) atoms. The summed E-state index contributed by atoms with van der Waals surface area (Å²) in [6, 6.07) is 8.55. The fourth-order valence-corrected chi connectivity index (χ4v) is 4.39. The molecular weight excluding hydrogens is 448 g/mol. The van der Waals surface area contributed by atoms with Crippen molar-refractivity contribution in [3.05, 3.63) is 47.3 Å². The number of carboxylic acids is 1. The van der Waals surface area contributed by atoms with Crippen LogP contribution in [0.1, 0.15) is 55.5 Å². The Morgan fingerprint density at radius 3 is 2.80 bits per heavy atom. The first-order valence-electron chi connectivity index (χ1n) is 12.4. The summed E-state index contributed by atoms with van der Waals surface area (Å²) in [4.78, 5) is 33.7. The lowest BCUT2D eigenvalue weighted by Gasteiger charge is -2.20. The molecule has 9 nitrogen and oxygen atoms in total. The molecule has 188 valence electrons. The van der Waals surface area contributed by atoms with Crippen LogP contribution >= 0.6 is 0 Å². The zero-order valence-electron chi connectivity index (χ0n) is 20.2. The van der Waals surface area contributed by atoms with Crippen molar-refractivity contribution in [2.75, 3.05) is 32.2 Å². The van der Waals surface area contributed by atoms with E-state index in [1.807, 2.05) is 0 Å². The number of carbonyl (C=O) groups is 2. The van der Waals surface area contributed by atoms with Crippen molar-refractivity contribution in [3.8, 4) is 5.88 Å². The third-order valence-corrected chi connectivity index (χ3v) is 6.69. The maximum absolute atomic E-state index is 12.9. The molecule has 3 heterocycles. The van der Waals surface area contributed by atoms with E-state index in [1.54, 1.807) is 18.2 Å². The first kappa shape index (κ1) is 24.9. The highest BCUT2D eigenvalue weighted by Crippen LogP contribution is 2.48. The molecule has 2 aliphatic rings. The SMILES string of the molecule is COc1cccc(C2(C(=O)N[C@@H](CCOCCCCc3ccc4c(n3)NCCC4)C(=O)O)CC2)n1. The number of fused-ring (bicyclic) bond motifs is 1. The first-order valence-corrected chi connectivity index (χ1v) is 12.4. The van der Waals surface area contributed by atoms with Crippen LogP contribution < -0.4 is 15.4 Å². The van der Waals surface area contributed by atoms with Crippen LogP contribution in [-0.2, 0) is 32.6 Å². The Labute approximate surface area is 205 Å². The Morgan fingerprint density at radius 2 is 2.03 bits per heavy atom. The Balaban J connectivity index is 1.17. The monoisotopic (exact) mass is 482 g/mol. The number of aliphatic carboxylic acids is 1. The van der Waals surface area contributed by atoms with Gasteiger partial charge in [-0.3, -0.25) is 4.79 Å². The maximum Gasteiger partial charge on any atom is 0.326 e. The van der Waals surface area contributed by atoms with Crippen molar-refractivity contribution in [1.29, 1.82) is 0 Å². The Kier molecular flexibility index (Phi) is 8.17. The third kappa shape index (κ3) is 6.28. The minimum absolute atomic E-state index is 0.209. The zero-order chi connectivity index (χ0) is 24.7. The van der Waals surface area contributed by atoms with Crippen LogP contribution in [-0.4, -0.2) is 59.9 Å². The van der Waals surface area contributed by atoms with Crippen LogP contribution in [0.15, 0.2) is 30.3 Å². The van der Waals surface area contributed by atoms with Crippen LogP contribution in [0.2, 0.25) is 0 Å². The minimum atomic E-state index is -1.07. The number of amides is 1. The Bertz CT molecular complexity index is 1040. The summed E-state index contributed by atoms with van der Waals surface area (Å²) < 4.78 is 10.8. The number of methoxy groups -OCH3 is 1. The number of aromatic nitrogens is 2. The van der Waals surface area contributed by atoms with Gasteiger partial charge >= 0.3 is 5.97 Å². The molecule has 1 atom stereocenters. The number of carbonyl (C=O) groups excluding carboxylic acids is 1. The number of pyridine rings is 2. The molecule has 1 aliphatic carbocycles. The molecule has 9 heteroatoms. The fourth-order valence-electron chi connectivity index (χ4n) is 4.39. The van der Waals surface area contributed by atoms with E-state index in [9.17, 15) is 14.7 Å². The van der Waals surface area contributed by atoms with E-state index in [0.717, 1.165) is 50.2 Å². The number of rotatable bonds is 13. The van der Waals surface area contributed by atoms with Crippen molar-refractivity contribution < 1.29 is 24.2 Å². The highest BCUT2D eigenvalue weighted by atomic mass is 16.5. The number of anilines is 1. The number of ether oxygens (including phenoxy) is 2. The number of carboxylic acid groups (broad SMARTS) is 1. The molecule has 2 aromatic rings. The van der Waals surface area contributed by atoms with Gasteiger partial charge in [-0.2, -0.15) is 0 Å². The van der Waals surface area contributed by atoms with Crippen LogP contribution in [0.4, 0.5) is 5.82 Å². The molecule has 3 N–H and O–H groups in total. The Hall–Kier alpha value is -3.20.